The molecule has 0 spiro atoms. The van der Waals surface area contributed by atoms with Crippen molar-refractivity contribution in [3.8, 4) is 0 Å². The van der Waals surface area contributed by atoms with Crippen LogP contribution in [0.15, 0.2) is 24.3 Å². The van der Waals surface area contributed by atoms with Gasteiger partial charge in [-0.3, -0.25) is 9.59 Å². The number of hydrogen-bond acceptors (Lipinski definition) is 3. The number of carboxylic acid groups (broad SMARTS) is 1. The molecule has 4 nitrogen and oxygen atoms in total. The second-order valence-corrected chi connectivity index (χ2v) is 11.6. The molecule has 2 aromatic carbocycles. The van der Waals surface area contributed by atoms with Gasteiger partial charge in [-0.25, -0.2) is 4.79 Å². The Hall–Kier alpha value is -1.97. The maximum absolute atomic E-state index is 13.4. The van der Waals surface area contributed by atoms with Crippen molar-refractivity contribution in [2.24, 2.45) is 0 Å². The Morgan fingerprint density at radius 3 is 1.19 bits per heavy atom. The van der Waals surface area contributed by atoms with Crippen molar-refractivity contribution in [3.05, 3.63) is 68.8 Å². The molecule has 0 aromatic heterocycles. The standard InChI is InChI=1S/C21H25O4PS/c1-11-7-13(3)17(14(4)8-11)19(22)27(26,21(24)25)20(23)18-15(5)9-12(2)10-16(18)6/h7-10H,26H2,1-6H3,(H,24,25). The molecule has 0 aliphatic rings. The van der Waals surface area contributed by atoms with E-state index >= 15 is 0 Å². The summed E-state index contributed by atoms with van der Waals surface area (Å²) in [6, 6.07) is 7.33. The highest BCUT2D eigenvalue weighted by molar-refractivity contribution is 8.91. The number of hydrogen-bond donors (Lipinski definition) is 1. The monoisotopic (exact) mass is 404 g/mol. The summed E-state index contributed by atoms with van der Waals surface area (Å²) in [5, 5.41) is 7.30. The van der Waals surface area contributed by atoms with Gasteiger partial charge in [0, 0.05) is 11.1 Å². The summed E-state index contributed by atoms with van der Waals surface area (Å²) in [7, 11) is -1.27. The minimum atomic E-state index is -3.38. The van der Waals surface area contributed by atoms with Gasteiger partial charge in [0.05, 0.1) is 0 Å². The van der Waals surface area contributed by atoms with Crippen LogP contribution in [0, 0.1) is 41.5 Å². The van der Waals surface area contributed by atoms with E-state index in [9.17, 15) is 19.5 Å². The minimum Gasteiger partial charge on any atom is -0.473 e. The normalized spacial score (nSPS) is 12.0. The summed E-state index contributed by atoms with van der Waals surface area (Å²) >= 11 is 0. The van der Waals surface area contributed by atoms with Crippen LogP contribution in [0.3, 0.4) is 0 Å². The number of aryl methyl sites for hydroxylation is 6. The molecule has 0 aliphatic carbocycles. The zero-order valence-corrected chi connectivity index (χ0v) is 18.4. The SMILES string of the molecule is Cc1cc(C)c(C(=O)S(P)(C(=O)O)C(=O)c2c(C)cc(C)cc2C)c(C)c1. The van der Waals surface area contributed by atoms with E-state index in [1.807, 2.05) is 38.1 Å². The molecule has 0 saturated heterocycles. The summed E-state index contributed by atoms with van der Waals surface area (Å²) < 4.78 is 0. The summed E-state index contributed by atoms with van der Waals surface area (Å²) in [6.45, 7) is 10.9. The number of rotatable bonds is 2. The van der Waals surface area contributed by atoms with E-state index in [0.29, 0.717) is 33.4 Å². The molecule has 1 unspecified atom stereocenters. The lowest BCUT2D eigenvalue weighted by Crippen LogP contribution is -2.25. The number of carbonyl (C=O) groups excluding carboxylic acids is 2. The molecule has 0 amide bonds. The Morgan fingerprint density at radius 1 is 0.704 bits per heavy atom. The van der Waals surface area contributed by atoms with E-state index in [4.69, 9.17) is 0 Å². The van der Waals surface area contributed by atoms with E-state index in [1.165, 1.54) is 0 Å². The van der Waals surface area contributed by atoms with Crippen LogP contribution < -0.4 is 0 Å². The maximum atomic E-state index is 13.4. The van der Waals surface area contributed by atoms with Crippen LogP contribution in [0.4, 0.5) is 4.79 Å². The first kappa shape index (κ1) is 21.3. The van der Waals surface area contributed by atoms with Crippen LogP contribution in [0.5, 0.6) is 0 Å². The second kappa shape index (κ2) is 7.57. The molecule has 2 aromatic rings. The average Bonchev–Trinajstić information content (AvgIpc) is 2.51. The van der Waals surface area contributed by atoms with Gasteiger partial charge < -0.3 is 5.11 Å². The number of carbonyl (C=O) groups is 3. The first-order chi connectivity index (χ1) is 12.4. The molecular formula is C21H25O4PS. The van der Waals surface area contributed by atoms with Crippen molar-refractivity contribution in [1.82, 2.24) is 0 Å². The van der Waals surface area contributed by atoms with Gasteiger partial charge in [-0.05, 0) is 73.4 Å². The van der Waals surface area contributed by atoms with E-state index < -0.39 is 25.2 Å². The predicted octanol–water partition coefficient (Wildman–Crippen LogP) is 5.79. The molecule has 1 atom stereocenters. The van der Waals surface area contributed by atoms with Gasteiger partial charge in [-0.2, -0.15) is 0 Å². The van der Waals surface area contributed by atoms with Crippen LogP contribution in [0.1, 0.15) is 54.1 Å². The van der Waals surface area contributed by atoms with Crippen LogP contribution in [0.2, 0.25) is 0 Å². The fraction of sp³-hybridized carbons (Fsp3) is 0.286. The van der Waals surface area contributed by atoms with Crippen LogP contribution in [-0.4, -0.2) is 20.6 Å². The van der Waals surface area contributed by atoms with Gasteiger partial charge in [0.25, 0.3) is 0 Å². The smallest absolute Gasteiger partial charge is 0.364 e. The van der Waals surface area contributed by atoms with Gasteiger partial charge in [0.15, 0.2) is 0 Å². The van der Waals surface area contributed by atoms with Crippen molar-refractivity contribution in [2.75, 3.05) is 0 Å². The first-order valence-corrected chi connectivity index (χ1v) is 11.6. The lowest BCUT2D eigenvalue weighted by molar-refractivity contribution is 0.105. The minimum absolute atomic E-state index is 0.323. The molecule has 0 fully saturated rings. The molecule has 27 heavy (non-hydrogen) atoms. The molecule has 2 rings (SSSR count). The molecule has 0 aliphatic heterocycles. The van der Waals surface area contributed by atoms with Crippen LogP contribution in [-0.2, 0) is 0 Å². The summed E-state index contributed by atoms with van der Waals surface area (Å²) in [6.07, 6.45) is 0. The third-order valence-corrected chi connectivity index (χ3v) is 8.64. The third kappa shape index (κ3) is 3.71. The van der Waals surface area contributed by atoms with Crippen molar-refractivity contribution in [3.63, 3.8) is 0 Å². The quantitative estimate of drug-likeness (QED) is 0.643. The Kier molecular flexibility index (Phi) is 5.98. The van der Waals surface area contributed by atoms with Crippen molar-refractivity contribution in [1.29, 1.82) is 0 Å². The highest BCUT2D eigenvalue weighted by atomic mass is 32.8. The van der Waals surface area contributed by atoms with Gasteiger partial charge in [0.1, 0.15) is 0 Å². The molecule has 0 bridgehead atoms. The Bertz CT molecular complexity index is 863. The Labute approximate surface area is 163 Å². The predicted molar refractivity (Wildman–Crippen MR) is 115 cm³/mol. The molecular weight excluding hydrogens is 379 g/mol. The van der Waals surface area contributed by atoms with Gasteiger partial charge >= 0.3 is 5.30 Å². The Morgan fingerprint density at radius 2 is 0.963 bits per heavy atom. The lowest BCUT2D eigenvalue weighted by atomic mass is 10.0. The van der Waals surface area contributed by atoms with Crippen LogP contribution in [0.25, 0.3) is 0 Å². The van der Waals surface area contributed by atoms with Gasteiger partial charge in [-0.15, -0.1) is 0 Å². The van der Waals surface area contributed by atoms with E-state index in [1.54, 1.807) is 27.7 Å². The van der Waals surface area contributed by atoms with Gasteiger partial charge in [-0.1, -0.05) is 43.8 Å². The maximum Gasteiger partial charge on any atom is 0.364 e. The largest absolute Gasteiger partial charge is 0.473 e. The lowest BCUT2D eigenvalue weighted by Gasteiger charge is -2.29. The first-order valence-electron chi connectivity index (χ1n) is 8.49. The average molecular weight is 404 g/mol. The molecule has 144 valence electrons. The van der Waals surface area contributed by atoms with Crippen molar-refractivity contribution >= 4 is 33.6 Å². The third-order valence-electron chi connectivity index (χ3n) is 4.62. The highest BCUT2D eigenvalue weighted by Crippen LogP contribution is 2.62. The topological polar surface area (TPSA) is 71.4 Å². The van der Waals surface area contributed by atoms with Crippen molar-refractivity contribution in [2.45, 2.75) is 41.5 Å². The zero-order chi connectivity index (χ0) is 20.7. The van der Waals surface area contributed by atoms with E-state index in [2.05, 4.69) is 8.44 Å². The fourth-order valence-corrected chi connectivity index (χ4v) is 6.05. The molecule has 1 N–H and O–H groups in total. The summed E-state index contributed by atoms with van der Waals surface area (Å²) in [4.78, 5) is 39.0. The number of benzene rings is 2. The summed E-state index contributed by atoms with van der Waals surface area (Å²) in [5.41, 5.74) is 5.35. The summed E-state index contributed by atoms with van der Waals surface area (Å²) in [5.74, 6) is 0. The van der Waals surface area contributed by atoms with E-state index in [-0.39, 0.29) is 0 Å². The Balaban J connectivity index is 2.71. The van der Waals surface area contributed by atoms with Crippen molar-refractivity contribution < 1.29 is 19.5 Å². The molecule has 0 radical (unpaired) electrons. The molecule has 6 heteroatoms. The highest BCUT2D eigenvalue weighted by Gasteiger charge is 2.45. The second-order valence-electron chi connectivity index (χ2n) is 7.05. The van der Waals surface area contributed by atoms with Crippen LogP contribution >= 0.6 is 18.1 Å². The molecule has 0 saturated carbocycles. The fourth-order valence-electron chi connectivity index (χ4n) is 3.57. The van der Waals surface area contributed by atoms with E-state index in [0.717, 1.165) is 11.1 Å². The molecule has 0 heterocycles. The van der Waals surface area contributed by atoms with Gasteiger partial charge in [0.2, 0.25) is 10.2 Å². The zero-order valence-electron chi connectivity index (χ0n) is 16.5.